The molecule has 0 aromatic carbocycles. The molecule has 1 N–H and O–H groups in total. The lowest BCUT2D eigenvalue weighted by atomic mass is 10.2. The van der Waals surface area contributed by atoms with E-state index < -0.39 is 0 Å². The van der Waals surface area contributed by atoms with Crippen molar-refractivity contribution in [2.24, 2.45) is 5.92 Å². The van der Waals surface area contributed by atoms with Crippen LogP contribution in [0.15, 0.2) is 0 Å². The molecule has 2 aliphatic rings. The predicted octanol–water partition coefficient (Wildman–Crippen LogP) is -0.00140. The van der Waals surface area contributed by atoms with Crippen molar-refractivity contribution < 1.29 is 9.59 Å². The van der Waals surface area contributed by atoms with Gasteiger partial charge in [-0.1, -0.05) is 13.8 Å². The van der Waals surface area contributed by atoms with Crippen LogP contribution in [-0.2, 0) is 9.59 Å². The summed E-state index contributed by atoms with van der Waals surface area (Å²) in [5, 5.41) is 2.76. The maximum Gasteiger partial charge on any atom is 0.241 e. The lowest BCUT2D eigenvalue weighted by Crippen LogP contribution is -2.50. The summed E-state index contributed by atoms with van der Waals surface area (Å²) in [6.07, 6.45) is 2.17. The largest absolute Gasteiger partial charge is 0.346 e. The SMILES string of the molecule is CC(C)CN1CCN(CC(=O)NCC(=O)N2CCCC2)CC1. The average Bonchev–Trinajstić information content (AvgIpc) is 3.00. The van der Waals surface area contributed by atoms with Gasteiger partial charge in [0.15, 0.2) is 0 Å². The third-order valence-corrected chi connectivity index (χ3v) is 4.35. The smallest absolute Gasteiger partial charge is 0.241 e. The first-order valence-electron chi connectivity index (χ1n) is 8.54. The van der Waals surface area contributed by atoms with Crippen molar-refractivity contribution in [2.45, 2.75) is 26.7 Å². The van der Waals surface area contributed by atoms with Gasteiger partial charge in [-0.25, -0.2) is 0 Å². The van der Waals surface area contributed by atoms with Crippen LogP contribution in [0.2, 0.25) is 0 Å². The average molecular weight is 310 g/mol. The molecule has 6 heteroatoms. The second-order valence-electron chi connectivity index (χ2n) is 6.84. The molecule has 2 heterocycles. The Morgan fingerprint density at radius 3 is 2.14 bits per heavy atom. The van der Waals surface area contributed by atoms with Crippen molar-refractivity contribution in [1.82, 2.24) is 20.0 Å². The summed E-state index contributed by atoms with van der Waals surface area (Å²) in [6, 6.07) is 0. The number of amides is 2. The van der Waals surface area contributed by atoms with Gasteiger partial charge >= 0.3 is 0 Å². The van der Waals surface area contributed by atoms with E-state index in [9.17, 15) is 9.59 Å². The van der Waals surface area contributed by atoms with Gasteiger partial charge in [-0.05, 0) is 18.8 Å². The number of piperazine rings is 1. The highest BCUT2D eigenvalue weighted by Gasteiger charge is 2.21. The Morgan fingerprint density at radius 1 is 0.955 bits per heavy atom. The first-order valence-corrected chi connectivity index (χ1v) is 8.54. The number of likely N-dealkylation sites (tertiary alicyclic amines) is 1. The van der Waals surface area contributed by atoms with E-state index in [2.05, 4.69) is 29.0 Å². The Bertz CT molecular complexity index is 372. The molecule has 2 fully saturated rings. The van der Waals surface area contributed by atoms with Gasteiger partial charge in [0.1, 0.15) is 0 Å². The summed E-state index contributed by atoms with van der Waals surface area (Å²) < 4.78 is 0. The second kappa shape index (κ2) is 8.48. The van der Waals surface area contributed by atoms with Gasteiger partial charge in [0.2, 0.25) is 11.8 Å². The molecule has 0 atom stereocenters. The van der Waals surface area contributed by atoms with Crippen LogP contribution >= 0.6 is 0 Å². The van der Waals surface area contributed by atoms with Gasteiger partial charge in [-0.2, -0.15) is 0 Å². The molecule has 6 nitrogen and oxygen atoms in total. The highest BCUT2D eigenvalue weighted by Crippen LogP contribution is 2.07. The molecule has 0 aromatic heterocycles. The minimum atomic E-state index is -0.0372. The van der Waals surface area contributed by atoms with E-state index in [0.29, 0.717) is 12.5 Å². The van der Waals surface area contributed by atoms with Crippen LogP contribution in [0.3, 0.4) is 0 Å². The minimum absolute atomic E-state index is 0.0372. The first kappa shape index (κ1) is 17.2. The molecule has 2 saturated heterocycles. The molecule has 0 saturated carbocycles. The maximum atomic E-state index is 12.0. The summed E-state index contributed by atoms with van der Waals surface area (Å²) in [5.41, 5.74) is 0. The monoisotopic (exact) mass is 310 g/mol. The first-order chi connectivity index (χ1) is 10.5. The minimum Gasteiger partial charge on any atom is -0.346 e. The molecular formula is C16H30N4O2. The van der Waals surface area contributed by atoms with Gasteiger partial charge in [0.25, 0.3) is 0 Å². The molecule has 2 rings (SSSR count). The van der Waals surface area contributed by atoms with Crippen molar-refractivity contribution in [3.05, 3.63) is 0 Å². The Kier molecular flexibility index (Phi) is 6.64. The van der Waals surface area contributed by atoms with Crippen LogP contribution in [-0.4, -0.2) is 85.4 Å². The molecule has 2 amide bonds. The third kappa shape index (κ3) is 5.57. The summed E-state index contributed by atoms with van der Waals surface area (Å²) in [4.78, 5) is 30.3. The van der Waals surface area contributed by atoms with Gasteiger partial charge in [0, 0.05) is 45.8 Å². The number of nitrogens with one attached hydrogen (secondary N) is 1. The number of hydrogen-bond donors (Lipinski definition) is 1. The van der Waals surface area contributed by atoms with Crippen molar-refractivity contribution in [2.75, 3.05) is 58.9 Å². The Hall–Kier alpha value is -1.14. The van der Waals surface area contributed by atoms with Gasteiger partial charge in [0.05, 0.1) is 13.1 Å². The normalized spacial score (nSPS) is 20.6. The summed E-state index contributed by atoms with van der Waals surface area (Å²) in [6.45, 7) is 11.7. The van der Waals surface area contributed by atoms with Crippen LogP contribution < -0.4 is 5.32 Å². The van der Waals surface area contributed by atoms with E-state index in [-0.39, 0.29) is 18.4 Å². The number of carbonyl (C=O) groups is 2. The summed E-state index contributed by atoms with van der Waals surface area (Å²) in [7, 11) is 0. The molecule has 0 spiro atoms. The zero-order valence-electron chi connectivity index (χ0n) is 14.0. The molecule has 126 valence electrons. The number of hydrogen-bond acceptors (Lipinski definition) is 4. The van der Waals surface area contributed by atoms with Crippen LogP contribution in [0.25, 0.3) is 0 Å². The second-order valence-corrected chi connectivity index (χ2v) is 6.84. The standard InChI is InChI=1S/C16H30N4O2/c1-14(2)12-18-7-9-19(10-8-18)13-15(21)17-11-16(22)20-5-3-4-6-20/h14H,3-13H2,1-2H3,(H,17,21). The van der Waals surface area contributed by atoms with Crippen LogP contribution in [0.5, 0.6) is 0 Å². The van der Waals surface area contributed by atoms with Crippen molar-refractivity contribution in [3.8, 4) is 0 Å². The van der Waals surface area contributed by atoms with Gasteiger partial charge in [-0.3, -0.25) is 14.5 Å². The van der Waals surface area contributed by atoms with Gasteiger partial charge in [-0.15, -0.1) is 0 Å². The highest BCUT2D eigenvalue weighted by atomic mass is 16.2. The van der Waals surface area contributed by atoms with Crippen LogP contribution in [0, 0.1) is 5.92 Å². The predicted molar refractivity (Wildman–Crippen MR) is 86.5 cm³/mol. The number of rotatable bonds is 6. The van der Waals surface area contributed by atoms with E-state index in [0.717, 1.165) is 58.7 Å². The lowest BCUT2D eigenvalue weighted by Gasteiger charge is -2.35. The summed E-state index contributed by atoms with van der Waals surface area (Å²) >= 11 is 0. The Labute approximate surface area is 133 Å². The molecule has 0 aromatic rings. The van der Waals surface area contributed by atoms with E-state index in [1.807, 2.05) is 4.90 Å². The van der Waals surface area contributed by atoms with Crippen molar-refractivity contribution >= 4 is 11.8 Å². The maximum absolute atomic E-state index is 12.0. The van der Waals surface area contributed by atoms with Gasteiger partial charge < -0.3 is 15.1 Å². The van der Waals surface area contributed by atoms with Crippen molar-refractivity contribution in [3.63, 3.8) is 0 Å². The molecule has 0 bridgehead atoms. The van der Waals surface area contributed by atoms with E-state index in [1.54, 1.807) is 0 Å². The number of carbonyl (C=O) groups excluding carboxylic acids is 2. The third-order valence-electron chi connectivity index (χ3n) is 4.35. The Balaban J connectivity index is 1.60. The zero-order chi connectivity index (χ0) is 15.9. The van der Waals surface area contributed by atoms with E-state index >= 15 is 0 Å². The van der Waals surface area contributed by atoms with Crippen LogP contribution in [0.1, 0.15) is 26.7 Å². The summed E-state index contributed by atoms with van der Waals surface area (Å²) in [5.74, 6) is 0.698. The Morgan fingerprint density at radius 2 is 1.55 bits per heavy atom. The highest BCUT2D eigenvalue weighted by molar-refractivity contribution is 5.85. The quantitative estimate of drug-likeness (QED) is 0.750. The fourth-order valence-electron chi connectivity index (χ4n) is 3.16. The lowest BCUT2D eigenvalue weighted by molar-refractivity contribution is -0.132. The fraction of sp³-hybridized carbons (Fsp3) is 0.875. The topological polar surface area (TPSA) is 55.9 Å². The van der Waals surface area contributed by atoms with Crippen molar-refractivity contribution in [1.29, 1.82) is 0 Å². The van der Waals surface area contributed by atoms with E-state index in [4.69, 9.17) is 0 Å². The molecule has 0 unspecified atom stereocenters. The number of nitrogens with zero attached hydrogens (tertiary/aromatic N) is 3. The molecule has 2 aliphatic heterocycles. The molecule has 22 heavy (non-hydrogen) atoms. The molecule has 0 radical (unpaired) electrons. The molecule has 0 aliphatic carbocycles. The molecular weight excluding hydrogens is 280 g/mol. The fourth-order valence-corrected chi connectivity index (χ4v) is 3.16. The van der Waals surface area contributed by atoms with Crippen LogP contribution in [0.4, 0.5) is 0 Å². The van der Waals surface area contributed by atoms with E-state index in [1.165, 1.54) is 0 Å². The zero-order valence-corrected chi connectivity index (χ0v) is 14.0.